The molecule has 1 aliphatic heterocycles. The molecule has 2 aliphatic rings. The third kappa shape index (κ3) is 3.35. The lowest BCUT2D eigenvalue weighted by molar-refractivity contribution is -0.124. The molecular weight excluding hydrogens is 388 g/mol. The number of rotatable bonds is 6. The van der Waals surface area contributed by atoms with E-state index in [0.717, 1.165) is 5.56 Å². The second-order valence-electron chi connectivity index (χ2n) is 7.85. The standard InChI is InChI=1S/C22H22N2O4S/c1-3-15-13-22(15,2)21(26)24-29(27,28)18-11-7-10-16-17(20(25)23-19(16)18)12-14-8-5-4-6-9-14/h3-11,15,17H,1,12-13H2,2H3,(H,23,25)(H,24,26)/t15-,17?,22+/m1/s1. The van der Waals surface area contributed by atoms with Crippen LogP contribution in [0.2, 0.25) is 0 Å². The van der Waals surface area contributed by atoms with Gasteiger partial charge in [0.2, 0.25) is 11.8 Å². The molecule has 29 heavy (non-hydrogen) atoms. The normalized spacial score (nSPS) is 25.1. The zero-order valence-corrected chi connectivity index (χ0v) is 16.8. The van der Waals surface area contributed by atoms with Crippen molar-refractivity contribution in [2.24, 2.45) is 11.3 Å². The van der Waals surface area contributed by atoms with Crippen LogP contribution in [0.4, 0.5) is 5.69 Å². The molecule has 1 aliphatic carbocycles. The van der Waals surface area contributed by atoms with Crippen LogP contribution < -0.4 is 10.0 Å². The molecule has 0 spiro atoms. The number of allylic oxidation sites excluding steroid dienone is 1. The van der Waals surface area contributed by atoms with Crippen molar-refractivity contribution >= 4 is 27.5 Å². The van der Waals surface area contributed by atoms with Crippen molar-refractivity contribution in [2.45, 2.75) is 30.6 Å². The smallest absolute Gasteiger partial charge is 0.266 e. The molecule has 1 unspecified atom stereocenters. The van der Waals surface area contributed by atoms with Crippen LogP contribution in [0, 0.1) is 11.3 Å². The Labute approximate surface area is 170 Å². The summed E-state index contributed by atoms with van der Waals surface area (Å²) in [6.45, 7) is 5.40. The molecule has 0 radical (unpaired) electrons. The minimum absolute atomic E-state index is 0.0332. The number of carbonyl (C=O) groups excluding carboxylic acids is 2. The van der Waals surface area contributed by atoms with Gasteiger partial charge in [-0.2, -0.15) is 0 Å². The van der Waals surface area contributed by atoms with E-state index in [0.29, 0.717) is 18.4 Å². The Bertz CT molecular complexity index is 1110. The van der Waals surface area contributed by atoms with Crippen molar-refractivity contribution in [3.05, 3.63) is 72.3 Å². The van der Waals surface area contributed by atoms with Crippen LogP contribution in [0.3, 0.4) is 0 Å². The highest BCUT2D eigenvalue weighted by molar-refractivity contribution is 7.90. The Morgan fingerprint density at radius 1 is 1.24 bits per heavy atom. The molecule has 6 nitrogen and oxygen atoms in total. The van der Waals surface area contributed by atoms with Crippen molar-refractivity contribution in [1.82, 2.24) is 4.72 Å². The van der Waals surface area contributed by atoms with Gasteiger partial charge < -0.3 is 5.32 Å². The first-order valence-corrected chi connectivity index (χ1v) is 10.9. The quantitative estimate of drug-likeness (QED) is 0.716. The maximum absolute atomic E-state index is 12.9. The van der Waals surface area contributed by atoms with Crippen LogP contribution in [-0.2, 0) is 26.0 Å². The molecule has 1 heterocycles. The van der Waals surface area contributed by atoms with E-state index in [1.807, 2.05) is 30.3 Å². The highest BCUT2D eigenvalue weighted by atomic mass is 32.2. The number of benzene rings is 2. The molecule has 0 aromatic heterocycles. The predicted molar refractivity (Wildman–Crippen MR) is 110 cm³/mol. The van der Waals surface area contributed by atoms with E-state index in [-0.39, 0.29) is 22.4 Å². The molecule has 0 saturated heterocycles. The van der Waals surface area contributed by atoms with E-state index in [1.165, 1.54) is 6.07 Å². The van der Waals surface area contributed by atoms with Crippen LogP contribution in [-0.4, -0.2) is 20.2 Å². The van der Waals surface area contributed by atoms with Crippen LogP contribution in [0.15, 0.2) is 66.1 Å². The van der Waals surface area contributed by atoms with Crippen LogP contribution >= 0.6 is 0 Å². The lowest BCUT2D eigenvalue weighted by atomic mass is 9.93. The van der Waals surface area contributed by atoms with E-state index in [4.69, 9.17) is 0 Å². The fourth-order valence-corrected chi connectivity index (χ4v) is 5.18. The molecule has 7 heteroatoms. The number of anilines is 1. The van der Waals surface area contributed by atoms with Crippen molar-refractivity contribution < 1.29 is 18.0 Å². The summed E-state index contributed by atoms with van der Waals surface area (Å²) < 4.78 is 28.1. The number of hydrogen-bond acceptors (Lipinski definition) is 4. The fraction of sp³-hybridized carbons (Fsp3) is 0.273. The maximum Gasteiger partial charge on any atom is 0.266 e. The Balaban J connectivity index is 1.63. The monoisotopic (exact) mass is 410 g/mol. The molecule has 3 atom stereocenters. The summed E-state index contributed by atoms with van der Waals surface area (Å²) in [5.74, 6) is -1.32. The summed E-state index contributed by atoms with van der Waals surface area (Å²) >= 11 is 0. The Morgan fingerprint density at radius 3 is 2.62 bits per heavy atom. The first-order valence-electron chi connectivity index (χ1n) is 9.44. The third-order valence-corrected chi connectivity index (χ3v) is 7.28. The number of nitrogens with one attached hydrogen (secondary N) is 2. The number of carbonyl (C=O) groups is 2. The Hall–Kier alpha value is -2.93. The summed E-state index contributed by atoms with van der Waals surface area (Å²) in [6.07, 6.45) is 2.70. The van der Waals surface area contributed by atoms with Crippen LogP contribution in [0.5, 0.6) is 0 Å². The first kappa shape index (κ1) is 19.4. The van der Waals surface area contributed by atoms with Crippen LogP contribution in [0.1, 0.15) is 30.4 Å². The number of amides is 2. The fourth-order valence-electron chi connectivity index (χ4n) is 3.90. The second kappa shape index (κ2) is 6.84. The third-order valence-electron chi connectivity index (χ3n) is 5.90. The van der Waals surface area contributed by atoms with Crippen molar-refractivity contribution in [2.75, 3.05) is 5.32 Å². The minimum Gasteiger partial charge on any atom is -0.324 e. The van der Waals surface area contributed by atoms with E-state index >= 15 is 0 Å². The number of hydrogen-bond donors (Lipinski definition) is 2. The number of para-hydroxylation sites is 1. The largest absolute Gasteiger partial charge is 0.324 e. The summed E-state index contributed by atoms with van der Waals surface area (Å²) in [6, 6.07) is 14.3. The lowest BCUT2D eigenvalue weighted by Crippen LogP contribution is -2.36. The molecule has 2 amide bonds. The molecule has 1 saturated carbocycles. The van der Waals surface area contributed by atoms with Gasteiger partial charge in [0.25, 0.3) is 10.0 Å². The molecule has 150 valence electrons. The van der Waals surface area contributed by atoms with Crippen molar-refractivity contribution in [3.8, 4) is 0 Å². The number of sulfonamides is 1. The zero-order valence-electron chi connectivity index (χ0n) is 16.0. The second-order valence-corrected chi connectivity index (χ2v) is 9.50. The van der Waals surface area contributed by atoms with E-state index in [2.05, 4.69) is 16.6 Å². The lowest BCUT2D eigenvalue weighted by Gasteiger charge is -2.14. The summed E-state index contributed by atoms with van der Waals surface area (Å²) in [4.78, 5) is 25.0. The predicted octanol–water partition coefficient (Wildman–Crippen LogP) is 2.98. The molecule has 2 aromatic rings. The minimum atomic E-state index is -4.13. The number of fused-ring (bicyclic) bond motifs is 1. The molecule has 1 fully saturated rings. The molecule has 2 aromatic carbocycles. The summed E-state index contributed by atoms with van der Waals surface area (Å²) in [5.41, 5.74) is 1.10. The average Bonchev–Trinajstić information content (AvgIpc) is 3.29. The highest BCUT2D eigenvalue weighted by Crippen LogP contribution is 2.53. The molecule has 4 rings (SSSR count). The van der Waals surface area contributed by atoms with E-state index < -0.39 is 27.3 Å². The van der Waals surface area contributed by atoms with Crippen molar-refractivity contribution in [3.63, 3.8) is 0 Å². The van der Waals surface area contributed by atoms with Crippen molar-refractivity contribution in [1.29, 1.82) is 0 Å². The topological polar surface area (TPSA) is 92.3 Å². The van der Waals surface area contributed by atoms with Gasteiger partial charge in [-0.3, -0.25) is 9.59 Å². The maximum atomic E-state index is 12.9. The van der Waals surface area contributed by atoms with Gasteiger partial charge in [0.15, 0.2) is 0 Å². The van der Waals surface area contributed by atoms with Gasteiger partial charge in [0.1, 0.15) is 4.90 Å². The van der Waals surface area contributed by atoms with Gasteiger partial charge in [-0.25, -0.2) is 13.1 Å². The van der Waals surface area contributed by atoms with Gasteiger partial charge in [-0.05, 0) is 36.0 Å². The zero-order chi connectivity index (χ0) is 20.8. The van der Waals surface area contributed by atoms with Gasteiger partial charge in [-0.1, -0.05) is 55.5 Å². The van der Waals surface area contributed by atoms with E-state index in [1.54, 1.807) is 25.1 Å². The van der Waals surface area contributed by atoms with Crippen LogP contribution in [0.25, 0.3) is 0 Å². The Kier molecular flexibility index (Phi) is 4.58. The molecule has 0 bridgehead atoms. The summed E-state index contributed by atoms with van der Waals surface area (Å²) in [7, 11) is -4.13. The van der Waals surface area contributed by atoms with Gasteiger partial charge in [0, 0.05) is 0 Å². The van der Waals surface area contributed by atoms with Gasteiger partial charge in [0.05, 0.1) is 17.0 Å². The SMILES string of the molecule is C=C[C@@H]1C[C@]1(C)C(=O)NS(=O)(=O)c1cccc2c1NC(=O)C2Cc1ccccc1. The highest BCUT2D eigenvalue weighted by Gasteiger charge is 2.55. The van der Waals surface area contributed by atoms with Gasteiger partial charge in [-0.15, -0.1) is 6.58 Å². The van der Waals surface area contributed by atoms with Gasteiger partial charge >= 0.3 is 0 Å². The average molecular weight is 410 g/mol. The summed E-state index contributed by atoms with van der Waals surface area (Å²) in [5, 5.41) is 2.70. The van der Waals surface area contributed by atoms with E-state index in [9.17, 15) is 18.0 Å². The molecular formula is C22H22N2O4S. The first-order chi connectivity index (χ1) is 13.8. The Morgan fingerprint density at radius 2 is 1.97 bits per heavy atom. The molecule has 2 N–H and O–H groups in total.